The predicted octanol–water partition coefficient (Wildman–Crippen LogP) is 2.49. The summed E-state index contributed by atoms with van der Waals surface area (Å²) in [5.74, 6) is 1.17. The lowest BCUT2D eigenvalue weighted by Gasteiger charge is -2.33. The average molecular weight is 446 g/mol. The van der Waals surface area contributed by atoms with E-state index in [9.17, 15) is 4.79 Å². The summed E-state index contributed by atoms with van der Waals surface area (Å²) in [5.41, 5.74) is 10.0. The molecule has 172 valence electrons. The van der Waals surface area contributed by atoms with Gasteiger partial charge in [-0.05, 0) is 48.7 Å². The summed E-state index contributed by atoms with van der Waals surface area (Å²) in [6, 6.07) is 16.6. The molecule has 33 heavy (non-hydrogen) atoms. The number of anilines is 2. The number of benzene rings is 2. The first kappa shape index (κ1) is 23.0. The molecule has 1 aliphatic heterocycles. The monoisotopic (exact) mass is 445 g/mol. The second-order valence-corrected chi connectivity index (χ2v) is 8.29. The molecular formula is C25H31N7O. The second kappa shape index (κ2) is 11.6. The Kier molecular flexibility index (Phi) is 8.08. The zero-order chi connectivity index (χ0) is 22.9. The van der Waals surface area contributed by atoms with Crippen LogP contribution in [0.4, 0.5) is 11.6 Å². The lowest BCUT2D eigenvalue weighted by molar-refractivity contribution is -0.109. The predicted molar refractivity (Wildman–Crippen MR) is 130 cm³/mol. The van der Waals surface area contributed by atoms with Crippen LogP contribution in [-0.2, 0) is 17.8 Å². The Bertz CT molecular complexity index is 1050. The van der Waals surface area contributed by atoms with Gasteiger partial charge in [0.25, 0.3) is 0 Å². The summed E-state index contributed by atoms with van der Waals surface area (Å²) in [4.78, 5) is 28.6. The fourth-order valence-electron chi connectivity index (χ4n) is 4.04. The fourth-order valence-corrected chi connectivity index (χ4v) is 4.04. The van der Waals surface area contributed by atoms with Crippen molar-refractivity contribution in [1.29, 1.82) is 0 Å². The fraction of sp³-hybridized carbons (Fsp3) is 0.360. The zero-order valence-electron chi connectivity index (χ0n) is 18.9. The summed E-state index contributed by atoms with van der Waals surface area (Å²) in [7, 11) is 0. The van der Waals surface area contributed by atoms with E-state index in [1.165, 1.54) is 11.1 Å². The van der Waals surface area contributed by atoms with Crippen molar-refractivity contribution >= 4 is 17.9 Å². The molecule has 0 aliphatic carbocycles. The van der Waals surface area contributed by atoms with Crippen LogP contribution in [0.25, 0.3) is 11.4 Å². The number of aldehydes is 1. The first-order valence-corrected chi connectivity index (χ1v) is 11.5. The number of carbonyl (C=O) groups is 1. The number of nitrogens with one attached hydrogen (secondary N) is 1. The van der Waals surface area contributed by atoms with Gasteiger partial charge in [-0.15, -0.1) is 0 Å². The molecule has 1 aromatic heterocycles. The molecule has 1 saturated heterocycles. The van der Waals surface area contributed by atoms with Crippen molar-refractivity contribution in [3.8, 4) is 11.4 Å². The normalized spacial score (nSPS) is 14.8. The molecule has 0 bridgehead atoms. The van der Waals surface area contributed by atoms with Crippen LogP contribution in [0.3, 0.4) is 0 Å². The zero-order valence-corrected chi connectivity index (χ0v) is 18.9. The molecule has 2 heterocycles. The van der Waals surface area contributed by atoms with Crippen molar-refractivity contribution in [2.45, 2.75) is 19.4 Å². The van der Waals surface area contributed by atoms with Crippen LogP contribution < -0.4 is 11.1 Å². The molecule has 8 heteroatoms. The number of piperazine rings is 1. The van der Waals surface area contributed by atoms with Gasteiger partial charge in [-0.25, -0.2) is 9.97 Å². The first-order valence-electron chi connectivity index (χ1n) is 11.5. The Morgan fingerprint density at radius 3 is 2.58 bits per heavy atom. The number of aromatic nitrogens is 3. The third-order valence-corrected chi connectivity index (χ3v) is 5.81. The molecule has 1 fully saturated rings. The van der Waals surface area contributed by atoms with Crippen molar-refractivity contribution in [1.82, 2.24) is 24.8 Å². The molecule has 8 nitrogen and oxygen atoms in total. The minimum absolute atomic E-state index is 0.520. The molecule has 0 saturated carbocycles. The van der Waals surface area contributed by atoms with Gasteiger partial charge in [0.05, 0.1) is 6.54 Å². The number of nitrogens with two attached hydrogens (primary N) is 1. The van der Waals surface area contributed by atoms with Gasteiger partial charge in [0.2, 0.25) is 5.95 Å². The highest BCUT2D eigenvalue weighted by Gasteiger charge is 2.16. The lowest BCUT2D eigenvalue weighted by atomic mass is 10.1. The molecule has 0 amide bonds. The van der Waals surface area contributed by atoms with Gasteiger partial charge in [0.15, 0.2) is 5.82 Å². The van der Waals surface area contributed by atoms with E-state index >= 15 is 0 Å². The van der Waals surface area contributed by atoms with E-state index in [4.69, 9.17) is 5.73 Å². The Labute approximate surface area is 194 Å². The summed E-state index contributed by atoms with van der Waals surface area (Å²) in [6.45, 7) is 5.87. The summed E-state index contributed by atoms with van der Waals surface area (Å²) in [6.07, 6.45) is 4.42. The van der Waals surface area contributed by atoms with Gasteiger partial charge in [-0.2, -0.15) is 4.98 Å². The Hall–Kier alpha value is -3.20. The van der Waals surface area contributed by atoms with E-state index in [1.54, 1.807) is 6.33 Å². The van der Waals surface area contributed by atoms with Crippen LogP contribution in [0.1, 0.15) is 17.5 Å². The van der Waals surface area contributed by atoms with Crippen molar-refractivity contribution in [3.05, 3.63) is 66.0 Å². The minimum Gasteiger partial charge on any atom is -0.330 e. The highest BCUT2D eigenvalue weighted by Crippen LogP contribution is 2.20. The molecular weight excluding hydrogens is 414 g/mol. The highest BCUT2D eigenvalue weighted by atomic mass is 16.1. The molecule has 2 aromatic carbocycles. The number of hydrogen-bond acceptors (Lipinski definition) is 8. The number of nitrogens with zero attached hydrogens (tertiary/aromatic N) is 5. The maximum absolute atomic E-state index is 10.7. The van der Waals surface area contributed by atoms with E-state index in [0.717, 1.165) is 63.1 Å². The van der Waals surface area contributed by atoms with Crippen LogP contribution in [0.5, 0.6) is 0 Å². The highest BCUT2D eigenvalue weighted by molar-refractivity contribution is 5.60. The molecule has 0 radical (unpaired) electrons. The number of hydrogen-bond donors (Lipinski definition) is 2. The van der Waals surface area contributed by atoms with Gasteiger partial charge in [-0.3, -0.25) is 9.80 Å². The van der Waals surface area contributed by atoms with E-state index < -0.39 is 0 Å². The summed E-state index contributed by atoms with van der Waals surface area (Å²) < 4.78 is 0. The SMILES string of the molecule is NCCCc1cccc(-c2ncnc(Nc3cccc(CN4CCN(CC=O)CC4)c3)n2)c1. The van der Waals surface area contributed by atoms with Crippen molar-refractivity contribution in [2.75, 3.05) is 44.6 Å². The minimum atomic E-state index is 0.520. The van der Waals surface area contributed by atoms with Crippen LogP contribution in [-0.4, -0.2) is 70.3 Å². The van der Waals surface area contributed by atoms with Gasteiger partial charge in [0.1, 0.15) is 12.6 Å². The lowest BCUT2D eigenvalue weighted by Crippen LogP contribution is -2.46. The molecule has 0 atom stereocenters. The molecule has 0 unspecified atom stereocenters. The Morgan fingerprint density at radius 1 is 0.970 bits per heavy atom. The van der Waals surface area contributed by atoms with Gasteiger partial charge < -0.3 is 15.8 Å². The van der Waals surface area contributed by atoms with Crippen LogP contribution in [0.2, 0.25) is 0 Å². The second-order valence-electron chi connectivity index (χ2n) is 8.29. The molecule has 3 N–H and O–H groups in total. The quantitative estimate of drug-likeness (QED) is 0.459. The third kappa shape index (κ3) is 6.64. The smallest absolute Gasteiger partial charge is 0.230 e. The average Bonchev–Trinajstić information content (AvgIpc) is 2.85. The third-order valence-electron chi connectivity index (χ3n) is 5.81. The van der Waals surface area contributed by atoms with Gasteiger partial charge in [0, 0.05) is 44.0 Å². The first-order chi connectivity index (χ1) is 16.2. The number of carbonyl (C=O) groups excluding carboxylic acids is 1. The van der Waals surface area contributed by atoms with Crippen molar-refractivity contribution in [2.24, 2.45) is 5.73 Å². The van der Waals surface area contributed by atoms with E-state index in [1.807, 2.05) is 24.3 Å². The maximum atomic E-state index is 10.7. The van der Waals surface area contributed by atoms with Crippen LogP contribution >= 0.6 is 0 Å². The topological polar surface area (TPSA) is 100 Å². The summed E-state index contributed by atoms with van der Waals surface area (Å²) >= 11 is 0. The van der Waals surface area contributed by atoms with E-state index in [2.05, 4.69) is 54.3 Å². The Morgan fingerprint density at radius 2 is 1.76 bits per heavy atom. The van der Waals surface area contributed by atoms with Gasteiger partial charge in [-0.1, -0.05) is 30.3 Å². The largest absolute Gasteiger partial charge is 0.330 e. The maximum Gasteiger partial charge on any atom is 0.230 e. The number of rotatable bonds is 10. The standard InChI is InChI=1S/C25H31N7O/c26-9-3-6-20-4-1-7-22(16-20)24-27-19-28-25(30-24)29-23-8-2-5-21(17-23)18-32-12-10-31(11-13-32)14-15-33/h1-2,4-5,7-8,15-17,19H,3,6,9-14,18,26H2,(H,27,28,29,30). The molecule has 3 aromatic rings. The van der Waals surface area contributed by atoms with Gasteiger partial charge >= 0.3 is 0 Å². The molecule has 1 aliphatic rings. The molecule has 4 rings (SSSR count). The van der Waals surface area contributed by atoms with Crippen molar-refractivity contribution in [3.63, 3.8) is 0 Å². The van der Waals surface area contributed by atoms with Crippen molar-refractivity contribution < 1.29 is 4.79 Å². The van der Waals surface area contributed by atoms with Crippen LogP contribution in [0.15, 0.2) is 54.9 Å². The molecule has 0 spiro atoms. The van der Waals surface area contributed by atoms with E-state index in [-0.39, 0.29) is 0 Å². The Balaban J connectivity index is 1.40. The number of aryl methyl sites for hydroxylation is 1. The van der Waals surface area contributed by atoms with E-state index in [0.29, 0.717) is 24.9 Å². The summed E-state index contributed by atoms with van der Waals surface area (Å²) in [5, 5.41) is 3.32. The van der Waals surface area contributed by atoms with Crippen LogP contribution in [0, 0.1) is 0 Å².